The van der Waals surface area contributed by atoms with Gasteiger partial charge in [-0.25, -0.2) is 0 Å². The number of hydrogen-bond acceptors (Lipinski definition) is 6. The maximum absolute atomic E-state index is 10.6. The molecule has 0 spiro atoms. The maximum Gasteiger partial charge on any atom is 0.446 e. The van der Waals surface area contributed by atoms with E-state index in [1.165, 1.54) is 12.1 Å². The Hall–Kier alpha value is -2.29. The van der Waals surface area contributed by atoms with Gasteiger partial charge in [-0.2, -0.15) is 18.6 Å². The maximum atomic E-state index is 10.6. The summed E-state index contributed by atoms with van der Waals surface area (Å²) in [5.74, 6) is 0.0451. The summed E-state index contributed by atoms with van der Waals surface area (Å²) in [6.45, 7) is 0.455. The van der Waals surface area contributed by atoms with Crippen molar-refractivity contribution in [1.29, 1.82) is 0 Å². The van der Waals surface area contributed by atoms with Crippen LogP contribution in [0.4, 0.5) is 5.69 Å². The highest BCUT2D eigenvalue weighted by Crippen LogP contribution is 2.25. The monoisotopic (exact) mass is 321 g/mol. The summed E-state index contributed by atoms with van der Waals surface area (Å²) >= 11 is 0. The van der Waals surface area contributed by atoms with E-state index in [4.69, 9.17) is 4.55 Å². The molecule has 0 saturated heterocycles. The van der Waals surface area contributed by atoms with Crippen LogP contribution in [0.2, 0.25) is 0 Å². The molecule has 0 unspecified atom stereocenters. The summed E-state index contributed by atoms with van der Waals surface area (Å²) < 4.78 is 34.2. The standard InChI is InChI=1S/C14H15N3O4S/c1-15-10-16-17-13-6-2-11(3-7-13)12-4-8-14(9-5-12)21-22(18,19)20/h2-9,15H,10H2,1H3,(H,18,19,20). The third-order valence-electron chi connectivity index (χ3n) is 2.67. The van der Waals surface area contributed by atoms with Crippen LogP contribution in [-0.4, -0.2) is 26.7 Å². The Morgan fingerprint density at radius 3 is 2.09 bits per heavy atom. The van der Waals surface area contributed by atoms with Crippen molar-refractivity contribution in [3.05, 3.63) is 48.5 Å². The first-order chi connectivity index (χ1) is 10.5. The molecule has 2 aromatic rings. The number of nitrogens with zero attached hydrogens (tertiary/aromatic N) is 2. The fourth-order valence-corrected chi connectivity index (χ4v) is 2.09. The van der Waals surface area contributed by atoms with Crippen molar-refractivity contribution in [1.82, 2.24) is 5.32 Å². The lowest BCUT2D eigenvalue weighted by Gasteiger charge is -2.04. The molecule has 7 nitrogen and oxygen atoms in total. The molecule has 22 heavy (non-hydrogen) atoms. The third kappa shape index (κ3) is 4.92. The molecule has 0 radical (unpaired) electrons. The Bertz CT molecular complexity index is 741. The molecule has 0 fully saturated rings. The molecule has 0 saturated carbocycles. The molecule has 0 aliphatic rings. The van der Waals surface area contributed by atoms with Gasteiger partial charge in [-0.1, -0.05) is 24.3 Å². The van der Waals surface area contributed by atoms with Crippen LogP contribution in [0.25, 0.3) is 11.1 Å². The fourth-order valence-electron chi connectivity index (χ4n) is 1.73. The van der Waals surface area contributed by atoms with Crippen molar-refractivity contribution in [2.75, 3.05) is 13.7 Å². The lowest BCUT2D eigenvalue weighted by atomic mass is 10.1. The van der Waals surface area contributed by atoms with Crippen molar-refractivity contribution in [2.24, 2.45) is 10.2 Å². The summed E-state index contributed by atoms with van der Waals surface area (Å²) in [6.07, 6.45) is 0. The van der Waals surface area contributed by atoms with E-state index in [0.29, 0.717) is 6.67 Å². The normalized spacial score (nSPS) is 11.7. The summed E-state index contributed by atoms with van der Waals surface area (Å²) in [6, 6.07) is 13.7. The Labute approximate surface area is 128 Å². The van der Waals surface area contributed by atoms with Gasteiger partial charge in [0.1, 0.15) is 12.4 Å². The SMILES string of the molecule is CNCN=Nc1ccc(-c2ccc(OS(=O)(=O)O)cc2)cc1. The minimum absolute atomic E-state index is 0.0451. The van der Waals surface area contributed by atoms with Crippen LogP contribution in [0, 0.1) is 0 Å². The predicted octanol–water partition coefficient (Wildman–Crippen LogP) is 2.80. The largest absolute Gasteiger partial charge is 0.446 e. The van der Waals surface area contributed by atoms with Gasteiger partial charge in [0.25, 0.3) is 0 Å². The van der Waals surface area contributed by atoms with Crippen LogP contribution >= 0.6 is 0 Å². The van der Waals surface area contributed by atoms with E-state index >= 15 is 0 Å². The quantitative estimate of drug-likeness (QED) is 0.629. The molecule has 0 aliphatic heterocycles. The summed E-state index contributed by atoms with van der Waals surface area (Å²) in [5.41, 5.74) is 2.55. The van der Waals surface area contributed by atoms with Crippen molar-refractivity contribution >= 4 is 16.1 Å². The lowest BCUT2D eigenvalue weighted by molar-refractivity contribution is 0.387. The van der Waals surface area contributed by atoms with E-state index in [1.54, 1.807) is 19.2 Å². The number of hydrogen-bond donors (Lipinski definition) is 2. The van der Waals surface area contributed by atoms with Crippen LogP contribution in [0.15, 0.2) is 58.8 Å². The van der Waals surface area contributed by atoms with Gasteiger partial charge < -0.3 is 4.18 Å². The van der Waals surface area contributed by atoms with Crippen LogP contribution in [-0.2, 0) is 10.4 Å². The fraction of sp³-hybridized carbons (Fsp3) is 0.143. The second-order valence-electron chi connectivity index (χ2n) is 4.34. The Kier molecular flexibility index (Phi) is 5.21. The van der Waals surface area contributed by atoms with E-state index in [2.05, 4.69) is 19.7 Å². The number of benzene rings is 2. The van der Waals surface area contributed by atoms with Crippen LogP contribution in [0.1, 0.15) is 0 Å². The Morgan fingerprint density at radius 1 is 1.05 bits per heavy atom. The van der Waals surface area contributed by atoms with E-state index in [1.807, 2.05) is 24.3 Å². The first-order valence-electron chi connectivity index (χ1n) is 6.37. The smallest absolute Gasteiger partial charge is 0.362 e. The first kappa shape index (κ1) is 16.1. The van der Waals surface area contributed by atoms with Crippen molar-refractivity contribution in [3.8, 4) is 16.9 Å². The summed E-state index contributed by atoms with van der Waals surface area (Å²) in [4.78, 5) is 0. The van der Waals surface area contributed by atoms with E-state index in [9.17, 15) is 8.42 Å². The molecule has 8 heteroatoms. The molecule has 0 aromatic heterocycles. The van der Waals surface area contributed by atoms with Gasteiger partial charge in [0.15, 0.2) is 0 Å². The van der Waals surface area contributed by atoms with Crippen LogP contribution in [0.3, 0.4) is 0 Å². The number of azo groups is 1. The van der Waals surface area contributed by atoms with Crippen LogP contribution < -0.4 is 9.50 Å². The topological polar surface area (TPSA) is 100 Å². The predicted molar refractivity (Wildman–Crippen MR) is 82.5 cm³/mol. The molecule has 2 rings (SSSR count). The zero-order valence-corrected chi connectivity index (χ0v) is 12.6. The highest BCUT2D eigenvalue weighted by atomic mass is 32.3. The van der Waals surface area contributed by atoms with Gasteiger partial charge >= 0.3 is 10.4 Å². The van der Waals surface area contributed by atoms with Gasteiger partial charge in [0, 0.05) is 0 Å². The van der Waals surface area contributed by atoms with E-state index < -0.39 is 10.4 Å². The van der Waals surface area contributed by atoms with Crippen molar-refractivity contribution in [2.45, 2.75) is 0 Å². The molecular formula is C14H15N3O4S. The summed E-state index contributed by atoms with van der Waals surface area (Å²) in [7, 11) is -2.71. The zero-order valence-electron chi connectivity index (χ0n) is 11.8. The highest BCUT2D eigenvalue weighted by Gasteiger charge is 2.06. The average molecular weight is 321 g/mol. The average Bonchev–Trinajstić information content (AvgIpc) is 2.48. The van der Waals surface area contributed by atoms with Gasteiger partial charge in [-0.3, -0.25) is 9.87 Å². The minimum atomic E-state index is -4.50. The molecule has 0 heterocycles. The zero-order chi connectivity index (χ0) is 16.0. The first-order valence-corrected chi connectivity index (χ1v) is 7.74. The highest BCUT2D eigenvalue weighted by molar-refractivity contribution is 7.81. The van der Waals surface area contributed by atoms with E-state index in [-0.39, 0.29) is 5.75 Å². The molecular weight excluding hydrogens is 306 g/mol. The molecule has 0 bridgehead atoms. The lowest BCUT2D eigenvalue weighted by Crippen LogP contribution is -2.06. The van der Waals surface area contributed by atoms with Gasteiger partial charge in [-0.15, -0.1) is 0 Å². The number of nitrogens with one attached hydrogen (secondary N) is 1. The molecule has 2 N–H and O–H groups in total. The van der Waals surface area contributed by atoms with Gasteiger partial charge in [0.2, 0.25) is 0 Å². The molecule has 116 valence electrons. The van der Waals surface area contributed by atoms with Crippen molar-refractivity contribution in [3.63, 3.8) is 0 Å². The van der Waals surface area contributed by atoms with Gasteiger partial charge in [0.05, 0.1) is 5.69 Å². The Morgan fingerprint density at radius 2 is 1.59 bits per heavy atom. The number of rotatable bonds is 6. The second kappa shape index (κ2) is 7.12. The third-order valence-corrected chi connectivity index (χ3v) is 3.07. The summed E-state index contributed by atoms with van der Waals surface area (Å²) in [5, 5.41) is 10.8. The molecule has 0 aliphatic carbocycles. The molecule has 0 amide bonds. The Balaban J connectivity index is 2.11. The van der Waals surface area contributed by atoms with E-state index in [0.717, 1.165) is 16.8 Å². The molecule has 0 atom stereocenters. The molecule has 2 aromatic carbocycles. The van der Waals surface area contributed by atoms with Crippen LogP contribution in [0.5, 0.6) is 5.75 Å². The van der Waals surface area contributed by atoms with Gasteiger partial charge in [-0.05, 0) is 42.4 Å². The minimum Gasteiger partial charge on any atom is -0.362 e. The second-order valence-corrected chi connectivity index (χ2v) is 5.36. The van der Waals surface area contributed by atoms with Crippen molar-refractivity contribution < 1.29 is 17.2 Å².